The third-order valence-corrected chi connectivity index (χ3v) is 1.58. The number of hydrogen-bond donors (Lipinski definition) is 1. The van der Waals surface area contributed by atoms with Crippen LogP contribution < -0.4 is 5.32 Å². The first-order valence-corrected chi connectivity index (χ1v) is 4.39. The number of carbonyl (C=O) groups excluding carboxylic acids is 1. The smallest absolute Gasteiger partial charge is 0.251 e. The lowest BCUT2D eigenvalue weighted by atomic mass is 10.2. The van der Waals surface area contributed by atoms with Crippen LogP contribution in [0, 0.1) is 12.5 Å². The van der Waals surface area contributed by atoms with Gasteiger partial charge >= 0.3 is 0 Å². The number of rotatable bonds is 3. The van der Waals surface area contributed by atoms with E-state index in [4.69, 9.17) is 0 Å². The van der Waals surface area contributed by atoms with Crippen LogP contribution in [0.4, 0.5) is 0 Å². The number of amides is 1. The minimum Gasteiger partial charge on any atom is -0.347 e. The first-order chi connectivity index (χ1) is 6.20. The second kappa shape index (κ2) is 4.65. The van der Waals surface area contributed by atoms with Crippen LogP contribution in [0.5, 0.6) is 0 Å². The highest BCUT2D eigenvalue weighted by Crippen LogP contribution is 2.00. The van der Waals surface area contributed by atoms with E-state index in [1.807, 2.05) is 32.0 Å². The van der Waals surface area contributed by atoms with Crippen LogP contribution in [0.25, 0.3) is 0 Å². The molecule has 0 aliphatic carbocycles. The minimum atomic E-state index is -0.0469. The van der Waals surface area contributed by atoms with E-state index in [0.29, 0.717) is 11.5 Å². The van der Waals surface area contributed by atoms with E-state index in [0.717, 1.165) is 0 Å². The maximum absolute atomic E-state index is 11.4. The highest BCUT2D eigenvalue weighted by Gasteiger charge is 2.03. The van der Waals surface area contributed by atoms with Crippen molar-refractivity contribution in [2.75, 3.05) is 0 Å². The normalized spacial score (nSPS) is 10.1. The molecule has 0 fully saturated rings. The SMILES string of the molecule is CC(C)[CH]NC(=O)c1ccccc1. The highest BCUT2D eigenvalue weighted by atomic mass is 16.1. The van der Waals surface area contributed by atoms with Gasteiger partial charge in [0, 0.05) is 5.56 Å². The quantitative estimate of drug-likeness (QED) is 0.751. The number of hydrogen-bond acceptors (Lipinski definition) is 1. The maximum atomic E-state index is 11.4. The van der Waals surface area contributed by atoms with Gasteiger partial charge in [-0.2, -0.15) is 0 Å². The summed E-state index contributed by atoms with van der Waals surface area (Å²) in [6.45, 7) is 5.83. The van der Waals surface area contributed by atoms with Crippen molar-refractivity contribution in [1.29, 1.82) is 0 Å². The van der Waals surface area contributed by atoms with Crippen molar-refractivity contribution in [1.82, 2.24) is 5.32 Å². The van der Waals surface area contributed by atoms with Gasteiger partial charge in [0.25, 0.3) is 5.91 Å². The zero-order valence-corrected chi connectivity index (χ0v) is 7.95. The Kier molecular flexibility index (Phi) is 3.50. The first kappa shape index (κ1) is 9.78. The molecule has 1 amide bonds. The third kappa shape index (κ3) is 3.28. The average Bonchev–Trinajstić information content (AvgIpc) is 2.15. The van der Waals surface area contributed by atoms with Crippen LogP contribution >= 0.6 is 0 Å². The second-order valence-corrected chi connectivity index (χ2v) is 3.25. The largest absolute Gasteiger partial charge is 0.347 e. The number of carbonyl (C=O) groups is 1. The molecule has 2 nitrogen and oxygen atoms in total. The van der Waals surface area contributed by atoms with Crippen molar-refractivity contribution in [3.63, 3.8) is 0 Å². The molecule has 2 heteroatoms. The molecule has 0 aliphatic rings. The van der Waals surface area contributed by atoms with Gasteiger partial charge in [-0.15, -0.1) is 0 Å². The van der Waals surface area contributed by atoms with Crippen LogP contribution in [0.3, 0.4) is 0 Å². The molecular formula is C11H14NO. The molecule has 1 aromatic carbocycles. The number of benzene rings is 1. The van der Waals surface area contributed by atoms with Crippen molar-refractivity contribution < 1.29 is 4.79 Å². The molecular weight excluding hydrogens is 162 g/mol. The third-order valence-electron chi connectivity index (χ3n) is 1.58. The lowest BCUT2D eigenvalue weighted by molar-refractivity contribution is 0.0960. The van der Waals surface area contributed by atoms with E-state index in [1.54, 1.807) is 18.7 Å². The van der Waals surface area contributed by atoms with Crippen LogP contribution in [-0.2, 0) is 0 Å². The van der Waals surface area contributed by atoms with Crippen molar-refractivity contribution >= 4 is 5.91 Å². The summed E-state index contributed by atoms with van der Waals surface area (Å²) in [5.74, 6) is 0.321. The molecule has 1 rings (SSSR count). The van der Waals surface area contributed by atoms with Gasteiger partial charge in [-0.05, 0) is 18.1 Å². The molecule has 1 N–H and O–H groups in total. The van der Waals surface area contributed by atoms with Crippen molar-refractivity contribution in [2.24, 2.45) is 5.92 Å². The van der Waals surface area contributed by atoms with Crippen molar-refractivity contribution in [3.05, 3.63) is 42.4 Å². The Balaban J connectivity index is 2.50. The fraction of sp³-hybridized carbons (Fsp3) is 0.273. The molecule has 1 radical (unpaired) electrons. The number of nitrogens with one attached hydrogen (secondary N) is 1. The zero-order valence-electron chi connectivity index (χ0n) is 7.95. The Morgan fingerprint density at radius 1 is 1.31 bits per heavy atom. The predicted molar refractivity (Wildman–Crippen MR) is 53.0 cm³/mol. The molecule has 0 atom stereocenters. The Hall–Kier alpha value is -1.31. The average molecular weight is 176 g/mol. The van der Waals surface area contributed by atoms with Gasteiger partial charge in [0.1, 0.15) is 0 Å². The Morgan fingerprint density at radius 3 is 2.46 bits per heavy atom. The summed E-state index contributed by atoms with van der Waals surface area (Å²) < 4.78 is 0. The Bertz CT molecular complexity index is 267. The van der Waals surface area contributed by atoms with E-state index in [2.05, 4.69) is 5.32 Å². The van der Waals surface area contributed by atoms with Gasteiger partial charge in [0.2, 0.25) is 0 Å². The van der Waals surface area contributed by atoms with Gasteiger partial charge in [0.05, 0.1) is 6.54 Å². The molecule has 13 heavy (non-hydrogen) atoms. The van der Waals surface area contributed by atoms with Crippen LogP contribution in [0.2, 0.25) is 0 Å². The Morgan fingerprint density at radius 2 is 1.92 bits per heavy atom. The Labute approximate surface area is 79.0 Å². The standard InChI is InChI=1S/C11H14NO/c1-9(2)8-12-11(13)10-6-4-3-5-7-10/h3-9H,1-2H3,(H,12,13). The molecule has 0 saturated carbocycles. The van der Waals surface area contributed by atoms with E-state index >= 15 is 0 Å². The molecule has 0 spiro atoms. The van der Waals surface area contributed by atoms with Gasteiger partial charge in [-0.25, -0.2) is 0 Å². The van der Waals surface area contributed by atoms with E-state index in [-0.39, 0.29) is 5.91 Å². The van der Waals surface area contributed by atoms with Gasteiger partial charge in [-0.3, -0.25) is 4.79 Å². The summed E-state index contributed by atoms with van der Waals surface area (Å²) in [6.07, 6.45) is 0. The van der Waals surface area contributed by atoms with Crippen LogP contribution in [-0.4, -0.2) is 5.91 Å². The fourth-order valence-electron chi connectivity index (χ4n) is 0.915. The predicted octanol–water partition coefficient (Wildman–Crippen LogP) is 2.23. The summed E-state index contributed by atoms with van der Waals surface area (Å²) in [6, 6.07) is 9.19. The molecule has 0 saturated heterocycles. The highest BCUT2D eigenvalue weighted by molar-refractivity contribution is 5.94. The summed E-state index contributed by atoms with van der Waals surface area (Å²) in [4.78, 5) is 11.4. The van der Waals surface area contributed by atoms with Crippen molar-refractivity contribution in [2.45, 2.75) is 13.8 Å². The molecule has 69 valence electrons. The van der Waals surface area contributed by atoms with Crippen LogP contribution in [0.15, 0.2) is 30.3 Å². The lowest BCUT2D eigenvalue weighted by Gasteiger charge is -2.06. The molecule has 1 aromatic rings. The minimum absolute atomic E-state index is 0.0469. The van der Waals surface area contributed by atoms with Crippen molar-refractivity contribution in [3.8, 4) is 0 Å². The maximum Gasteiger partial charge on any atom is 0.251 e. The van der Waals surface area contributed by atoms with Gasteiger partial charge in [-0.1, -0.05) is 32.0 Å². The first-order valence-electron chi connectivity index (χ1n) is 4.39. The lowest BCUT2D eigenvalue weighted by Crippen LogP contribution is -2.22. The molecule has 0 bridgehead atoms. The summed E-state index contributed by atoms with van der Waals surface area (Å²) >= 11 is 0. The topological polar surface area (TPSA) is 29.1 Å². The summed E-state index contributed by atoms with van der Waals surface area (Å²) in [7, 11) is 0. The van der Waals surface area contributed by atoms with Gasteiger partial charge in [0.15, 0.2) is 0 Å². The molecule has 0 aromatic heterocycles. The van der Waals surface area contributed by atoms with E-state index in [9.17, 15) is 4.79 Å². The fourth-order valence-corrected chi connectivity index (χ4v) is 0.915. The van der Waals surface area contributed by atoms with Crippen LogP contribution in [0.1, 0.15) is 24.2 Å². The summed E-state index contributed by atoms with van der Waals surface area (Å²) in [5.41, 5.74) is 0.694. The molecule has 0 unspecified atom stereocenters. The van der Waals surface area contributed by atoms with E-state index < -0.39 is 0 Å². The monoisotopic (exact) mass is 176 g/mol. The van der Waals surface area contributed by atoms with E-state index in [1.165, 1.54) is 0 Å². The van der Waals surface area contributed by atoms with Gasteiger partial charge < -0.3 is 5.32 Å². The molecule has 0 heterocycles. The second-order valence-electron chi connectivity index (χ2n) is 3.25. The summed E-state index contributed by atoms with van der Waals surface area (Å²) in [5, 5.41) is 2.73. The molecule has 0 aliphatic heterocycles. The zero-order chi connectivity index (χ0) is 9.68.